The minimum Gasteiger partial charge on any atom is -0.380 e. The first-order chi connectivity index (χ1) is 19.8. The first kappa shape index (κ1) is 29.0. The third-order valence-corrected chi connectivity index (χ3v) is 8.02. The van der Waals surface area contributed by atoms with Gasteiger partial charge in [-0.1, -0.05) is 11.6 Å². The van der Waals surface area contributed by atoms with Crippen molar-refractivity contribution < 1.29 is 19.1 Å². The van der Waals surface area contributed by atoms with Gasteiger partial charge in [0.2, 0.25) is 5.91 Å². The summed E-state index contributed by atoms with van der Waals surface area (Å²) in [6, 6.07) is 10.9. The fourth-order valence-corrected chi connectivity index (χ4v) is 5.62. The van der Waals surface area contributed by atoms with Crippen molar-refractivity contribution in [1.29, 1.82) is 0 Å². The van der Waals surface area contributed by atoms with Crippen molar-refractivity contribution in [3.63, 3.8) is 0 Å². The topological polar surface area (TPSA) is 109 Å². The van der Waals surface area contributed by atoms with Crippen LogP contribution in [0, 0.1) is 0 Å². The molecule has 2 aliphatic rings. The average molecular weight is 581 g/mol. The number of likely N-dealkylation sites (tertiary alicyclic amines) is 1. The fraction of sp³-hybridized carbons (Fsp3) is 0.467. The maximum absolute atomic E-state index is 13.6. The second-order valence-corrected chi connectivity index (χ2v) is 11.3. The number of nitrogens with one attached hydrogen (secondary N) is 2. The number of hydrogen-bond donors (Lipinski definition) is 2. The van der Waals surface area contributed by atoms with Crippen molar-refractivity contribution in [3.8, 4) is 0 Å². The Hall–Kier alpha value is -3.47. The molecule has 0 unspecified atom stereocenters. The van der Waals surface area contributed by atoms with Crippen LogP contribution < -0.4 is 10.6 Å². The van der Waals surface area contributed by atoms with Crippen LogP contribution in [0.3, 0.4) is 0 Å². The lowest BCUT2D eigenvalue weighted by molar-refractivity contribution is -0.116. The minimum absolute atomic E-state index is 0.0559. The van der Waals surface area contributed by atoms with Crippen molar-refractivity contribution in [2.45, 2.75) is 51.7 Å². The summed E-state index contributed by atoms with van der Waals surface area (Å²) in [4.78, 5) is 48.2. The monoisotopic (exact) mass is 580 g/mol. The average Bonchev–Trinajstić information content (AvgIpc) is 3.11. The highest BCUT2D eigenvalue weighted by molar-refractivity contribution is 6.29. The summed E-state index contributed by atoms with van der Waals surface area (Å²) >= 11 is 5.87. The molecule has 11 heteroatoms. The third-order valence-electron chi connectivity index (χ3n) is 7.80. The van der Waals surface area contributed by atoms with Gasteiger partial charge in [-0.2, -0.15) is 0 Å². The van der Waals surface area contributed by atoms with E-state index in [0.717, 1.165) is 37.7 Å². The Balaban J connectivity index is 1.40. The van der Waals surface area contributed by atoms with Gasteiger partial charge in [-0.25, -0.2) is 4.98 Å². The summed E-state index contributed by atoms with van der Waals surface area (Å²) in [5.41, 5.74) is 2.13. The van der Waals surface area contributed by atoms with Crippen LogP contribution in [0.15, 0.2) is 42.6 Å². The number of nitrogens with zero attached hydrogens (tertiary/aromatic N) is 4. The molecular formula is C30H37ClN6O4. The lowest BCUT2D eigenvalue weighted by Crippen LogP contribution is -2.47. The summed E-state index contributed by atoms with van der Waals surface area (Å²) < 4.78 is 7.21. The predicted octanol–water partition coefficient (Wildman–Crippen LogP) is 3.79. The molecule has 1 aromatic carbocycles. The molecule has 2 aliphatic heterocycles. The van der Waals surface area contributed by atoms with E-state index in [2.05, 4.69) is 34.4 Å². The summed E-state index contributed by atoms with van der Waals surface area (Å²) in [6.07, 6.45) is 4.01. The Kier molecular flexibility index (Phi) is 9.22. The number of pyridine rings is 1. The van der Waals surface area contributed by atoms with Crippen LogP contribution in [0.4, 0.5) is 5.69 Å². The zero-order valence-corrected chi connectivity index (χ0v) is 24.3. The lowest BCUT2D eigenvalue weighted by Gasteiger charge is -2.34. The van der Waals surface area contributed by atoms with Crippen molar-refractivity contribution >= 4 is 45.9 Å². The molecule has 0 bridgehead atoms. The van der Waals surface area contributed by atoms with Crippen molar-refractivity contribution in [3.05, 3.63) is 59.0 Å². The van der Waals surface area contributed by atoms with Crippen molar-refractivity contribution in [2.24, 2.45) is 0 Å². The van der Waals surface area contributed by atoms with Gasteiger partial charge in [-0.15, -0.1) is 0 Å². The fourth-order valence-electron chi connectivity index (χ4n) is 5.51. The lowest BCUT2D eigenvalue weighted by atomic mass is 10.0. The highest BCUT2D eigenvalue weighted by Crippen LogP contribution is 2.24. The van der Waals surface area contributed by atoms with E-state index >= 15 is 0 Å². The van der Waals surface area contributed by atoms with Gasteiger partial charge < -0.3 is 29.7 Å². The van der Waals surface area contributed by atoms with Crippen LogP contribution in [0.25, 0.3) is 10.9 Å². The van der Waals surface area contributed by atoms with Crippen LogP contribution in [0.1, 0.15) is 54.0 Å². The minimum atomic E-state index is -0.310. The number of rotatable bonds is 7. The molecule has 0 aliphatic carbocycles. The SMILES string of the molecule is CC(C)N1CCC(NC(=O)c2cc3cc(C(=O)N4CCCOCC4)ccc3n2CC(=O)Nc2ccc(Cl)nc2)CC1. The predicted molar refractivity (Wildman–Crippen MR) is 158 cm³/mol. The van der Waals surface area contributed by atoms with Gasteiger partial charge >= 0.3 is 0 Å². The van der Waals surface area contributed by atoms with Gasteiger partial charge in [0.05, 0.1) is 18.5 Å². The molecule has 2 fully saturated rings. The van der Waals surface area contributed by atoms with E-state index in [9.17, 15) is 14.4 Å². The van der Waals surface area contributed by atoms with Crippen LogP contribution in [-0.2, 0) is 16.1 Å². The molecule has 3 amide bonds. The van der Waals surface area contributed by atoms with Crippen LogP contribution in [0.2, 0.25) is 5.15 Å². The summed E-state index contributed by atoms with van der Waals surface area (Å²) in [5.74, 6) is -0.612. The smallest absolute Gasteiger partial charge is 0.268 e. The van der Waals surface area contributed by atoms with E-state index in [0.29, 0.717) is 60.0 Å². The Bertz CT molecular complexity index is 1390. The molecule has 5 rings (SSSR count). The molecule has 0 saturated carbocycles. The second kappa shape index (κ2) is 13.0. The number of amides is 3. The van der Waals surface area contributed by atoms with E-state index in [1.807, 2.05) is 6.07 Å². The molecule has 2 saturated heterocycles. The van der Waals surface area contributed by atoms with E-state index in [1.165, 1.54) is 6.20 Å². The Labute approximate surface area is 245 Å². The number of benzene rings is 1. The van der Waals surface area contributed by atoms with Crippen LogP contribution in [-0.4, -0.2) is 88.5 Å². The molecular weight excluding hydrogens is 544 g/mol. The number of ether oxygens (including phenoxy) is 1. The number of piperidine rings is 1. The van der Waals surface area contributed by atoms with Gasteiger partial charge in [0.1, 0.15) is 17.4 Å². The second-order valence-electron chi connectivity index (χ2n) is 10.9. The van der Waals surface area contributed by atoms with Gasteiger partial charge in [0, 0.05) is 61.3 Å². The van der Waals surface area contributed by atoms with E-state index in [4.69, 9.17) is 16.3 Å². The van der Waals surface area contributed by atoms with Gasteiger partial charge in [-0.05, 0) is 69.5 Å². The molecule has 10 nitrogen and oxygen atoms in total. The Morgan fingerprint density at radius 3 is 2.59 bits per heavy atom. The highest BCUT2D eigenvalue weighted by Gasteiger charge is 2.26. The van der Waals surface area contributed by atoms with Gasteiger partial charge in [0.25, 0.3) is 11.8 Å². The van der Waals surface area contributed by atoms with E-state index in [1.54, 1.807) is 39.8 Å². The molecule has 3 aromatic rings. The number of fused-ring (bicyclic) bond motifs is 1. The molecule has 4 heterocycles. The van der Waals surface area contributed by atoms with Crippen LogP contribution in [0.5, 0.6) is 0 Å². The normalized spacial score (nSPS) is 17.0. The number of carbonyl (C=O) groups is 3. The zero-order valence-electron chi connectivity index (χ0n) is 23.6. The van der Waals surface area contributed by atoms with E-state index < -0.39 is 0 Å². The Morgan fingerprint density at radius 2 is 1.85 bits per heavy atom. The molecule has 2 N–H and O–H groups in total. The van der Waals surface area contributed by atoms with E-state index in [-0.39, 0.29) is 30.3 Å². The number of carbonyl (C=O) groups excluding carboxylic acids is 3. The van der Waals surface area contributed by atoms with Crippen molar-refractivity contribution in [2.75, 3.05) is 44.7 Å². The molecule has 0 radical (unpaired) electrons. The number of hydrogen-bond acceptors (Lipinski definition) is 6. The van der Waals surface area contributed by atoms with Crippen LogP contribution >= 0.6 is 11.6 Å². The van der Waals surface area contributed by atoms with Crippen molar-refractivity contribution in [1.82, 2.24) is 24.7 Å². The molecule has 2 aromatic heterocycles. The Morgan fingerprint density at radius 1 is 1.05 bits per heavy atom. The maximum Gasteiger partial charge on any atom is 0.268 e. The molecule has 0 spiro atoms. The number of aromatic nitrogens is 2. The first-order valence-electron chi connectivity index (χ1n) is 14.2. The maximum atomic E-state index is 13.6. The number of halogens is 1. The molecule has 41 heavy (non-hydrogen) atoms. The molecule has 218 valence electrons. The number of anilines is 1. The summed E-state index contributed by atoms with van der Waals surface area (Å²) in [5, 5.41) is 7.07. The summed E-state index contributed by atoms with van der Waals surface area (Å²) in [6.45, 7) is 8.48. The summed E-state index contributed by atoms with van der Waals surface area (Å²) in [7, 11) is 0. The standard InChI is InChI=1S/C30H37ClN6O4/c1-20(2)35-11-8-23(9-12-35)34-29(39)26-17-22-16-21(30(40)36-10-3-14-41-15-13-36)4-6-25(22)37(26)19-28(38)33-24-5-7-27(31)32-18-24/h4-7,16-18,20,23H,3,8-15,19H2,1-2H3,(H,33,38)(H,34,39). The zero-order chi connectivity index (χ0) is 28.9. The third kappa shape index (κ3) is 7.06. The highest BCUT2D eigenvalue weighted by atomic mass is 35.5. The molecule has 0 atom stereocenters. The van der Waals surface area contributed by atoms with Gasteiger partial charge in [-0.3, -0.25) is 14.4 Å². The largest absolute Gasteiger partial charge is 0.380 e. The van der Waals surface area contributed by atoms with Gasteiger partial charge in [0.15, 0.2) is 0 Å². The first-order valence-corrected chi connectivity index (χ1v) is 14.6. The quantitative estimate of drug-likeness (QED) is 0.412.